The van der Waals surface area contributed by atoms with E-state index in [-0.39, 0.29) is 6.61 Å². The molecule has 0 aliphatic heterocycles. The Hall–Kier alpha value is -0.500. The van der Waals surface area contributed by atoms with E-state index in [0.717, 1.165) is 6.42 Å². The van der Waals surface area contributed by atoms with Crippen LogP contribution in [0.25, 0.3) is 0 Å². The van der Waals surface area contributed by atoms with Crippen LogP contribution in [0.15, 0.2) is 12.3 Å². The smallest absolute Gasteiger partial charge is 0.0603 e. The summed E-state index contributed by atoms with van der Waals surface area (Å²) in [6.45, 7) is 3.16. The van der Waals surface area contributed by atoms with E-state index in [1.54, 1.807) is 0 Å². The molecule has 22 heavy (non-hydrogen) atoms. The van der Waals surface area contributed by atoms with Gasteiger partial charge < -0.3 is 10.4 Å². The van der Waals surface area contributed by atoms with Crippen molar-refractivity contribution in [2.45, 2.75) is 103 Å². The predicted molar refractivity (Wildman–Crippen MR) is 99.2 cm³/mol. The van der Waals surface area contributed by atoms with Gasteiger partial charge in [-0.3, -0.25) is 0 Å². The van der Waals surface area contributed by atoms with Crippen LogP contribution in [0.5, 0.6) is 0 Å². The van der Waals surface area contributed by atoms with Gasteiger partial charge in [-0.1, -0.05) is 96.5 Å². The highest BCUT2D eigenvalue weighted by Gasteiger charge is 1.93. The van der Waals surface area contributed by atoms with Crippen molar-refractivity contribution in [2.75, 3.05) is 13.2 Å². The minimum atomic E-state index is 0.212. The Balaban J connectivity index is 2.98. The second kappa shape index (κ2) is 20.5. The van der Waals surface area contributed by atoms with E-state index < -0.39 is 0 Å². The number of aliphatic hydroxyl groups is 1. The van der Waals surface area contributed by atoms with Crippen molar-refractivity contribution in [3.05, 3.63) is 12.3 Å². The van der Waals surface area contributed by atoms with Crippen LogP contribution in [-0.4, -0.2) is 18.3 Å². The average Bonchev–Trinajstić information content (AvgIpc) is 2.54. The van der Waals surface area contributed by atoms with Gasteiger partial charge in [0, 0.05) is 6.54 Å². The zero-order valence-electron chi connectivity index (χ0n) is 15.1. The number of unbranched alkanes of at least 4 members (excludes halogenated alkanes) is 14. The summed E-state index contributed by atoms with van der Waals surface area (Å²) in [4.78, 5) is 0. The van der Waals surface area contributed by atoms with Crippen LogP contribution in [0.4, 0.5) is 0 Å². The van der Waals surface area contributed by atoms with Crippen molar-refractivity contribution < 1.29 is 5.11 Å². The average molecular weight is 312 g/mol. The molecule has 0 atom stereocenters. The van der Waals surface area contributed by atoms with Crippen molar-refractivity contribution in [2.24, 2.45) is 0 Å². The molecule has 132 valence electrons. The maximum Gasteiger partial charge on any atom is 0.0603 e. The van der Waals surface area contributed by atoms with E-state index >= 15 is 0 Å². The largest absolute Gasteiger partial charge is 0.395 e. The van der Waals surface area contributed by atoms with Crippen LogP contribution in [0.3, 0.4) is 0 Å². The number of aliphatic hydroxyl groups excluding tert-OH is 1. The molecule has 0 heterocycles. The standard InChI is InChI=1S/C20H41NO/c1-2-3-4-5-6-7-8-9-10-11-12-13-14-15-16-17-18-21-19-20-22/h17-18,21-22H,2-16,19-20H2,1H3/b18-17+. The van der Waals surface area contributed by atoms with Crippen LogP contribution in [0, 0.1) is 0 Å². The van der Waals surface area contributed by atoms with Gasteiger partial charge in [-0.2, -0.15) is 0 Å². The lowest BCUT2D eigenvalue weighted by Crippen LogP contribution is -2.10. The lowest BCUT2D eigenvalue weighted by Gasteiger charge is -2.03. The van der Waals surface area contributed by atoms with E-state index in [1.165, 1.54) is 89.9 Å². The minimum absolute atomic E-state index is 0.212. The van der Waals surface area contributed by atoms with Gasteiger partial charge in [0.15, 0.2) is 0 Å². The fourth-order valence-corrected chi connectivity index (χ4v) is 2.77. The van der Waals surface area contributed by atoms with Gasteiger partial charge in [-0.05, 0) is 19.0 Å². The third-order valence-electron chi connectivity index (χ3n) is 4.22. The SMILES string of the molecule is CCCCCCCCCCCCCCCC/C=C/NCCO. The molecule has 0 saturated carbocycles. The van der Waals surface area contributed by atoms with Gasteiger partial charge in [0.2, 0.25) is 0 Å². The highest BCUT2D eigenvalue weighted by atomic mass is 16.3. The molecule has 0 saturated heterocycles. The summed E-state index contributed by atoms with van der Waals surface area (Å²) in [5, 5.41) is 11.7. The number of rotatable bonds is 18. The third kappa shape index (κ3) is 19.5. The number of allylic oxidation sites excluding steroid dienone is 1. The molecule has 0 radical (unpaired) electrons. The van der Waals surface area contributed by atoms with Gasteiger partial charge in [0.25, 0.3) is 0 Å². The molecule has 0 amide bonds. The van der Waals surface area contributed by atoms with Gasteiger partial charge in [0.1, 0.15) is 0 Å². The highest BCUT2D eigenvalue weighted by Crippen LogP contribution is 2.13. The van der Waals surface area contributed by atoms with Crippen LogP contribution >= 0.6 is 0 Å². The number of hydrogen-bond donors (Lipinski definition) is 2. The van der Waals surface area contributed by atoms with E-state index in [4.69, 9.17) is 5.11 Å². The molecule has 0 aliphatic carbocycles. The molecule has 0 aliphatic rings. The predicted octanol–water partition coefficient (Wildman–Crippen LogP) is 5.95. The molecular weight excluding hydrogens is 270 g/mol. The third-order valence-corrected chi connectivity index (χ3v) is 4.22. The molecule has 0 aromatic carbocycles. The van der Waals surface area contributed by atoms with Crippen LogP contribution in [-0.2, 0) is 0 Å². The lowest BCUT2D eigenvalue weighted by atomic mass is 10.0. The molecule has 2 nitrogen and oxygen atoms in total. The fraction of sp³-hybridized carbons (Fsp3) is 0.900. The molecular formula is C20H41NO. The molecule has 0 fully saturated rings. The zero-order valence-corrected chi connectivity index (χ0v) is 15.1. The first-order chi connectivity index (χ1) is 10.9. The van der Waals surface area contributed by atoms with Crippen molar-refractivity contribution in [1.82, 2.24) is 5.32 Å². The second-order valence-corrected chi connectivity index (χ2v) is 6.46. The van der Waals surface area contributed by atoms with Gasteiger partial charge >= 0.3 is 0 Å². The Kier molecular flexibility index (Phi) is 20.0. The van der Waals surface area contributed by atoms with E-state index in [9.17, 15) is 0 Å². The first-order valence-electron chi connectivity index (χ1n) is 9.91. The molecule has 0 unspecified atom stereocenters. The molecule has 2 N–H and O–H groups in total. The minimum Gasteiger partial charge on any atom is -0.395 e. The molecule has 0 aromatic rings. The molecule has 2 heteroatoms. The summed E-state index contributed by atoms with van der Waals surface area (Å²) in [6.07, 6.45) is 25.2. The summed E-state index contributed by atoms with van der Waals surface area (Å²) < 4.78 is 0. The van der Waals surface area contributed by atoms with Gasteiger partial charge in [0.05, 0.1) is 6.61 Å². The molecule has 0 bridgehead atoms. The molecule has 0 spiro atoms. The second-order valence-electron chi connectivity index (χ2n) is 6.46. The Morgan fingerprint density at radius 1 is 0.682 bits per heavy atom. The van der Waals surface area contributed by atoms with E-state index in [1.807, 2.05) is 6.20 Å². The Labute approximate surface area is 139 Å². The first kappa shape index (κ1) is 21.5. The summed E-state index contributed by atoms with van der Waals surface area (Å²) in [7, 11) is 0. The van der Waals surface area contributed by atoms with Crippen molar-refractivity contribution >= 4 is 0 Å². The van der Waals surface area contributed by atoms with Crippen LogP contribution < -0.4 is 5.32 Å². The van der Waals surface area contributed by atoms with Crippen LogP contribution in [0.2, 0.25) is 0 Å². The highest BCUT2D eigenvalue weighted by molar-refractivity contribution is 4.78. The number of hydrogen-bond acceptors (Lipinski definition) is 2. The first-order valence-corrected chi connectivity index (χ1v) is 9.91. The van der Waals surface area contributed by atoms with Crippen molar-refractivity contribution in [3.8, 4) is 0 Å². The monoisotopic (exact) mass is 311 g/mol. The topological polar surface area (TPSA) is 32.3 Å². The van der Waals surface area contributed by atoms with Gasteiger partial charge in [-0.25, -0.2) is 0 Å². The summed E-state index contributed by atoms with van der Waals surface area (Å²) in [5.74, 6) is 0. The van der Waals surface area contributed by atoms with Crippen LogP contribution in [0.1, 0.15) is 103 Å². The van der Waals surface area contributed by atoms with Gasteiger partial charge in [-0.15, -0.1) is 0 Å². The quantitative estimate of drug-likeness (QED) is 0.306. The normalized spacial score (nSPS) is 11.4. The maximum absolute atomic E-state index is 8.60. The summed E-state index contributed by atoms with van der Waals surface area (Å²) in [6, 6.07) is 0. The van der Waals surface area contributed by atoms with E-state index in [0.29, 0.717) is 6.54 Å². The molecule has 0 rings (SSSR count). The maximum atomic E-state index is 8.60. The lowest BCUT2D eigenvalue weighted by molar-refractivity contribution is 0.298. The fourth-order valence-electron chi connectivity index (χ4n) is 2.77. The zero-order chi connectivity index (χ0) is 16.1. The number of nitrogens with one attached hydrogen (secondary N) is 1. The van der Waals surface area contributed by atoms with Crippen molar-refractivity contribution in [3.63, 3.8) is 0 Å². The Morgan fingerprint density at radius 3 is 1.59 bits per heavy atom. The molecule has 0 aromatic heterocycles. The summed E-state index contributed by atoms with van der Waals surface area (Å²) >= 11 is 0. The van der Waals surface area contributed by atoms with E-state index in [2.05, 4.69) is 18.3 Å². The van der Waals surface area contributed by atoms with Crippen molar-refractivity contribution in [1.29, 1.82) is 0 Å². The Morgan fingerprint density at radius 2 is 1.14 bits per heavy atom. The summed E-state index contributed by atoms with van der Waals surface area (Å²) in [5.41, 5.74) is 0. The Bertz CT molecular complexity index is 216.